The Labute approximate surface area is 92.0 Å². The monoisotopic (exact) mass is 212 g/mol. The molecule has 14 heavy (non-hydrogen) atoms. The minimum Gasteiger partial charge on any atom is -0.363 e. The van der Waals surface area contributed by atoms with Gasteiger partial charge in [0.05, 0.1) is 0 Å². The molecule has 2 atom stereocenters. The molecular formula is C11H20N2S. The Balaban J connectivity index is 1.93. The van der Waals surface area contributed by atoms with Crippen LogP contribution in [0.2, 0.25) is 0 Å². The average molecular weight is 212 g/mol. The van der Waals surface area contributed by atoms with Crippen LogP contribution in [0.5, 0.6) is 0 Å². The summed E-state index contributed by atoms with van der Waals surface area (Å²) in [6, 6.07) is 1.51. The van der Waals surface area contributed by atoms with Gasteiger partial charge in [-0.3, -0.25) is 0 Å². The van der Waals surface area contributed by atoms with Crippen molar-refractivity contribution >= 4 is 17.3 Å². The van der Waals surface area contributed by atoms with Gasteiger partial charge in [0, 0.05) is 18.6 Å². The van der Waals surface area contributed by atoms with Gasteiger partial charge in [-0.15, -0.1) is 0 Å². The van der Waals surface area contributed by atoms with Crippen LogP contribution in [0.3, 0.4) is 0 Å². The predicted molar refractivity (Wildman–Crippen MR) is 63.4 cm³/mol. The Morgan fingerprint density at radius 2 is 1.93 bits per heavy atom. The quantitative estimate of drug-likeness (QED) is 0.707. The maximum Gasteiger partial charge on any atom is 0.169 e. The summed E-state index contributed by atoms with van der Waals surface area (Å²) >= 11 is 5.45. The van der Waals surface area contributed by atoms with Crippen LogP contribution in [-0.4, -0.2) is 28.6 Å². The Bertz CT molecular complexity index is 201. The maximum absolute atomic E-state index is 5.45. The number of fused-ring (bicyclic) bond motifs is 2. The SMILES string of the molecule is CCCNC(=S)N1C2CCCC1CC2. The summed E-state index contributed by atoms with van der Waals surface area (Å²) in [6.45, 7) is 3.20. The van der Waals surface area contributed by atoms with Crippen LogP contribution in [-0.2, 0) is 0 Å². The minimum atomic E-state index is 0.755. The summed E-state index contributed by atoms with van der Waals surface area (Å²) in [7, 11) is 0. The average Bonchev–Trinajstić information content (AvgIpc) is 2.45. The summed E-state index contributed by atoms with van der Waals surface area (Å²) in [5.41, 5.74) is 0. The highest BCUT2D eigenvalue weighted by Crippen LogP contribution is 2.35. The number of hydrogen-bond acceptors (Lipinski definition) is 1. The zero-order chi connectivity index (χ0) is 9.97. The first-order chi connectivity index (χ1) is 6.83. The molecule has 0 aliphatic carbocycles. The van der Waals surface area contributed by atoms with Crippen molar-refractivity contribution in [2.75, 3.05) is 6.54 Å². The summed E-state index contributed by atoms with van der Waals surface area (Å²) in [4.78, 5) is 2.48. The molecule has 2 bridgehead atoms. The van der Waals surface area contributed by atoms with E-state index < -0.39 is 0 Å². The van der Waals surface area contributed by atoms with Gasteiger partial charge in [0.25, 0.3) is 0 Å². The molecule has 2 unspecified atom stereocenters. The molecule has 2 saturated heterocycles. The van der Waals surface area contributed by atoms with Gasteiger partial charge in [-0.2, -0.15) is 0 Å². The first kappa shape index (κ1) is 10.2. The van der Waals surface area contributed by atoms with Crippen LogP contribution < -0.4 is 5.32 Å². The van der Waals surface area contributed by atoms with Crippen LogP contribution in [0.25, 0.3) is 0 Å². The number of thiocarbonyl (C=S) groups is 1. The van der Waals surface area contributed by atoms with E-state index in [1.165, 1.54) is 32.1 Å². The molecule has 0 radical (unpaired) electrons. The van der Waals surface area contributed by atoms with Crippen molar-refractivity contribution in [2.24, 2.45) is 0 Å². The molecule has 80 valence electrons. The van der Waals surface area contributed by atoms with Crippen molar-refractivity contribution in [1.29, 1.82) is 0 Å². The lowest BCUT2D eigenvalue weighted by Crippen LogP contribution is -2.49. The van der Waals surface area contributed by atoms with Crippen molar-refractivity contribution in [3.63, 3.8) is 0 Å². The van der Waals surface area contributed by atoms with Gasteiger partial charge >= 0.3 is 0 Å². The first-order valence-corrected chi connectivity index (χ1v) is 6.30. The molecule has 0 aromatic carbocycles. The van der Waals surface area contributed by atoms with Gasteiger partial charge in [0.15, 0.2) is 5.11 Å². The summed E-state index contributed by atoms with van der Waals surface area (Å²) < 4.78 is 0. The lowest BCUT2D eigenvalue weighted by Gasteiger charge is -2.36. The van der Waals surface area contributed by atoms with Gasteiger partial charge in [-0.05, 0) is 50.7 Å². The van der Waals surface area contributed by atoms with Crippen molar-refractivity contribution in [3.05, 3.63) is 0 Å². The highest BCUT2D eigenvalue weighted by atomic mass is 32.1. The third-order valence-electron chi connectivity index (χ3n) is 3.46. The van der Waals surface area contributed by atoms with Crippen LogP contribution in [0.15, 0.2) is 0 Å². The van der Waals surface area contributed by atoms with E-state index in [1.54, 1.807) is 0 Å². The van der Waals surface area contributed by atoms with Crippen LogP contribution >= 0.6 is 12.2 Å². The van der Waals surface area contributed by atoms with E-state index in [4.69, 9.17) is 12.2 Å². The fourth-order valence-corrected chi connectivity index (χ4v) is 3.17. The second-order valence-corrected chi connectivity index (χ2v) is 4.84. The van der Waals surface area contributed by atoms with E-state index in [0.717, 1.165) is 30.2 Å². The molecule has 2 nitrogen and oxygen atoms in total. The Hall–Kier alpha value is -0.310. The van der Waals surface area contributed by atoms with E-state index >= 15 is 0 Å². The molecule has 0 aromatic rings. The largest absolute Gasteiger partial charge is 0.363 e. The zero-order valence-corrected chi connectivity index (χ0v) is 9.78. The minimum absolute atomic E-state index is 0.755. The Morgan fingerprint density at radius 3 is 2.50 bits per heavy atom. The molecule has 2 fully saturated rings. The summed E-state index contributed by atoms with van der Waals surface area (Å²) in [5.74, 6) is 0. The molecule has 2 heterocycles. The van der Waals surface area contributed by atoms with E-state index in [9.17, 15) is 0 Å². The molecule has 2 rings (SSSR count). The van der Waals surface area contributed by atoms with E-state index in [-0.39, 0.29) is 0 Å². The zero-order valence-electron chi connectivity index (χ0n) is 8.96. The molecule has 0 saturated carbocycles. The Morgan fingerprint density at radius 1 is 1.29 bits per heavy atom. The van der Waals surface area contributed by atoms with Gasteiger partial charge < -0.3 is 10.2 Å². The highest BCUT2D eigenvalue weighted by molar-refractivity contribution is 7.80. The predicted octanol–water partition coefficient (Wildman–Crippen LogP) is 2.29. The number of rotatable bonds is 2. The lowest BCUT2D eigenvalue weighted by molar-refractivity contribution is 0.234. The molecule has 0 amide bonds. The molecule has 1 N–H and O–H groups in total. The van der Waals surface area contributed by atoms with Gasteiger partial charge in [-0.1, -0.05) is 6.92 Å². The van der Waals surface area contributed by atoms with E-state index in [1.807, 2.05) is 0 Å². The van der Waals surface area contributed by atoms with Gasteiger partial charge in [-0.25, -0.2) is 0 Å². The Kier molecular flexibility index (Phi) is 3.26. The number of piperidine rings is 1. The van der Waals surface area contributed by atoms with Gasteiger partial charge in [0.1, 0.15) is 0 Å². The molecule has 0 spiro atoms. The summed E-state index contributed by atoms with van der Waals surface area (Å²) in [5, 5.41) is 4.37. The smallest absolute Gasteiger partial charge is 0.169 e. The number of nitrogens with zero attached hydrogens (tertiary/aromatic N) is 1. The number of nitrogens with one attached hydrogen (secondary N) is 1. The van der Waals surface area contributed by atoms with E-state index in [2.05, 4.69) is 17.1 Å². The number of hydrogen-bond donors (Lipinski definition) is 1. The fraction of sp³-hybridized carbons (Fsp3) is 0.909. The molecule has 3 heteroatoms. The van der Waals surface area contributed by atoms with Crippen molar-refractivity contribution in [2.45, 2.75) is 57.5 Å². The van der Waals surface area contributed by atoms with Gasteiger partial charge in [0.2, 0.25) is 0 Å². The van der Waals surface area contributed by atoms with E-state index in [0.29, 0.717) is 0 Å². The molecule has 2 aliphatic rings. The van der Waals surface area contributed by atoms with Crippen molar-refractivity contribution < 1.29 is 0 Å². The third-order valence-corrected chi connectivity index (χ3v) is 3.81. The van der Waals surface area contributed by atoms with Crippen LogP contribution in [0.1, 0.15) is 45.4 Å². The molecule has 0 aromatic heterocycles. The molecular weight excluding hydrogens is 192 g/mol. The maximum atomic E-state index is 5.45. The highest BCUT2D eigenvalue weighted by Gasteiger charge is 2.37. The normalized spacial score (nSPS) is 30.5. The van der Waals surface area contributed by atoms with Crippen molar-refractivity contribution in [3.8, 4) is 0 Å². The lowest BCUT2D eigenvalue weighted by atomic mass is 10.0. The van der Waals surface area contributed by atoms with Crippen LogP contribution in [0.4, 0.5) is 0 Å². The molecule has 2 aliphatic heterocycles. The first-order valence-electron chi connectivity index (χ1n) is 5.89. The fourth-order valence-electron chi connectivity index (χ4n) is 2.77. The van der Waals surface area contributed by atoms with Crippen LogP contribution in [0, 0.1) is 0 Å². The standard InChI is InChI=1S/C11H20N2S/c1-2-8-12-11(14)13-9-4-3-5-10(13)7-6-9/h9-10H,2-8H2,1H3,(H,12,14). The van der Waals surface area contributed by atoms with Crippen molar-refractivity contribution in [1.82, 2.24) is 10.2 Å². The second-order valence-electron chi connectivity index (χ2n) is 4.46. The third kappa shape index (κ3) is 1.88. The second kappa shape index (κ2) is 4.47. The topological polar surface area (TPSA) is 15.3 Å². The summed E-state index contributed by atoms with van der Waals surface area (Å²) in [6.07, 6.45) is 7.98.